The van der Waals surface area contributed by atoms with Crippen molar-refractivity contribution in [2.24, 2.45) is 11.5 Å². The van der Waals surface area contributed by atoms with Crippen molar-refractivity contribution in [3.05, 3.63) is 30.1 Å². The topological polar surface area (TPSA) is 82.0 Å². The van der Waals surface area contributed by atoms with Gasteiger partial charge in [0.25, 0.3) is 0 Å². The molecule has 1 heterocycles. The number of primary amides is 1. The van der Waals surface area contributed by atoms with Crippen LogP contribution in [0.5, 0.6) is 0 Å². The van der Waals surface area contributed by atoms with E-state index in [1.54, 1.807) is 12.1 Å². The molecule has 1 rings (SSSR count). The van der Waals surface area contributed by atoms with E-state index in [0.717, 1.165) is 0 Å². The number of hydrogen-bond donors (Lipinski definition) is 2. The maximum absolute atomic E-state index is 10.4. The zero-order valence-corrected chi connectivity index (χ0v) is 10.8. The van der Waals surface area contributed by atoms with Crippen molar-refractivity contribution in [1.29, 1.82) is 0 Å². The monoisotopic (exact) mass is 257 g/mol. The Hall–Kier alpha value is -1.14. The van der Waals surface area contributed by atoms with Crippen LogP contribution >= 0.6 is 24.0 Å². The molecule has 88 valence electrons. The van der Waals surface area contributed by atoms with Gasteiger partial charge in [-0.3, -0.25) is 9.78 Å². The molecule has 1 aromatic heterocycles. The van der Waals surface area contributed by atoms with Gasteiger partial charge in [0.15, 0.2) is 0 Å². The van der Waals surface area contributed by atoms with Crippen LogP contribution in [0, 0.1) is 0 Å². The van der Waals surface area contributed by atoms with Crippen LogP contribution in [0.1, 0.15) is 24.2 Å². The Balaban J connectivity index is 0.000000293. The third-order valence-corrected chi connectivity index (χ3v) is 2.31. The lowest BCUT2D eigenvalue weighted by Gasteiger charge is -1.97. The highest BCUT2D eigenvalue weighted by Gasteiger charge is 1.94. The molecule has 4 nitrogen and oxygen atoms in total. The van der Waals surface area contributed by atoms with Crippen LogP contribution in [0.3, 0.4) is 0 Å². The van der Waals surface area contributed by atoms with Gasteiger partial charge in [-0.15, -0.1) is 0 Å². The van der Waals surface area contributed by atoms with Gasteiger partial charge < -0.3 is 11.5 Å². The number of pyridine rings is 1. The average molecular weight is 257 g/mol. The first-order valence-electron chi connectivity index (χ1n) is 4.59. The van der Waals surface area contributed by atoms with Crippen LogP contribution in [0.2, 0.25) is 0 Å². The molecule has 0 saturated heterocycles. The largest absolute Gasteiger partial charge is 0.385 e. The van der Waals surface area contributed by atoms with Gasteiger partial charge in [0.05, 0.1) is 0 Å². The van der Waals surface area contributed by atoms with Gasteiger partial charge in [-0.25, -0.2) is 0 Å². The highest BCUT2D eigenvalue weighted by molar-refractivity contribution is 8.23. The fourth-order valence-electron chi connectivity index (χ4n) is 0.748. The molecule has 6 heteroatoms. The number of thiocarbonyl (C=S) groups is 1. The normalized spacial score (nSPS) is 9.19. The van der Waals surface area contributed by atoms with Gasteiger partial charge in [-0.05, 0) is 12.1 Å². The van der Waals surface area contributed by atoms with E-state index < -0.39 is 5.91 Å². The van der Waals surface area contributed by atoms with E-state index in [4.69, 9.17) is 11.5 Å². The van der Waals surface area contributed by atoms with E-state index >= 15 is 0 Å². The zero-order chi connectivity index (χ0) is 12.6. The Morgan fingerprint density at radius 2 is 1.88 bits per heavy atom. The minimum absolute atomic E-state index is 0.419. The minimum atomic E-state index is -0.419. The maximum atomic E-state index is 10.4. The molecule has 0 aliphatic heterocycles. The fourth-order valence-corrected chi connectivity index (χ4v) is 1.79. The molecule has 0 atom stereocenters. The Bertz CT molecular complexity index is 341. The maximum Gasteiger partial charge on any atom is 0.248 e. The molecule has 4 N–H and O–H groups in total. The summed E-state index contributed by atoms with van der Waals surface area (Å²) in [5.74, 6) is -0.419. The van der Waals surface area contributed by atoms with Crippen LogP contribution in [-0.2, 0) is 0 Å². The van der Waals surface area contributed by atoms with Gasteiger partial charge in [-0.1, -0.05) is 37.8 Å². The first-order chi connectivity index (χ1) is 7.43. The van der Waals surface area contributed by atoms with Crippen LogP contribution in [0.4, 0.5) is 0 Å². The van der Waals surface area contributed by atoms with Crippen molar-refractivity contribution in [3.8, 4) is 0 Å². The van der Waals surface area contributed by atoms with Crippen LogP contribution in [-0.4, -0.2) is 20.5 Å². The van der Waals surface area contributed by atoms with Crippen molar-refractivity contribution in [2.45, 2.75) is 19.1 Å². The van der Waals surface area contributed by atoms with E-state index in [2.05, 4.69) is 31.0 Å². The first kappa shape index (κ1) is 14.9. The number of nitrogens with zero attached hydrogens (tertiary/aromatic N) is 1. The SMILES string of the molecule is CC(C)SC(N)=S.NC(=O)c1ccncc1. The average Bonchev–Trinajstić information content (AvgIpc) is 2.17. The second-order valence-electron chi connectivity index (χ2n) is 3.09. The summed E-state index contributed by atoms with van der Waals surface area (Å²) >= 11 is 6.13. The van der Waals surface area contributed by atoms with Crippen LogP contribution < -0.4 is 11.5 Å². The van der Waals surface area contributed by atoms with E-state index in [-0.39, 0.29) is 0 Å². The molecule has 0 aliphatic carbocycles. The molecule has 0 aromatic carbocycles. The number of nitrogens with two attached hydrogens (primary N) is 2. The summed E-state index contributed by atoms with van der Waals surface area (Å²) in [6.45, 7) is 4.12. The summed E-state index contributed by atoms with van der Waals surface area (Å²) in [4.78, 5) is 14.1. The fraction of sp³-hybridized carbons (Fsp3) is 0.300. The summed E-state index contributed by atoms with van der Waals surface area (Å²) in [6, 6.07) is 3.14. The van der Waals surface area contributed by atoms with Crippen molar-refractivity contribution in [2.75, 3.05) is 0 Å². The highest BCUT2D eigenvalue weighted by Crippen LogP contribution is 2.07. The van der Waals surface area contributed by atoms with Crippen molar-refractivity contribution in [1.82, 2.24) is 4.98 Å². The lowest BCUT2D eigenvalue weighted by Crippen LogP contribution is -2.10. The Morgan fingerprint density at radius 3 is 2.06 bits per heavy atom. The quantitative estimate of drug-likeness (QED) is 0.786. The molecule has 16 heavy (non-hydrogen) atoms. The molecule has 1 amide bonds. The molecule has 0 radical (unpaired) electrons. The third-order valence-electron chi connectivity index (χ3n) is 1.32. The van der Waals surface area contributed by atoms with E-state index in [1.807, 2.05) is 0 Å². The predicted molar refractivity (Wildman–Crippen MR) is 72.3 cm³/mol. The number of amides is 1. The van der Waals surface area contributed by atoms with Gasteiger partial charge in [0, 0.05) is 23.2 Å². The molecule has 1 aromatic rings. The van der Waals surface area contributed by atoms with E-state index in [1.165, 1.54) is 24.2 Å². The molecular formula is C10H15N3OS2. The summed E-state index contributed by atoms with van der Waals surface area (Å²) in [5.41, 5.74) is 10.6. The second-order valence-corrected chi connectivity index (χ2v) is 5.40. The Morgan fingerprint density at radius 1 is 1.38 bits per heavy atom. The third kappa shape index (κ3) is 8.19. The lowest BCUT2D eigenvalue weighted by molar-refractivity contribution is 0.1000. The van der Waals surface area contributed by atoms with Crippen molar-refractivity contribution < 1.29 is 4.79 Å². The molecule has 0 bridgehead atoms. The highest BCUT2D eigenvalue weighted by atomic mass is 32.2. The smallest absolute Gasteiger partial charge is 0.248 e. The predicted octanol–water partition coefficient (Wildman–Crippen LogP) is 1.55. The number of aromatic nitrogens is 1. The lowest BCUT2D eigenvalue weighted by atomic mass is 10.3. The summed E-state index contributed by atoms with van der Waals surface area (Å²) in [6.07, 6.45) is 3.06. The summed E-state index contributed by atoms with van der Waals surface area (Å²) in [7, 11) is 0. The first-order valence-corrected chi connectivity index (χ1v) is 5.88. The molecule has 0 aliphatic rings. The molecule has 0 spiro atoms. The molecular weight excluding hydrogens is 242 g/mol. The molecule has 0 fully saturated rings. The van der Waals surface area contributed by atoms with Gasteiger partial charge in [-0.2, -0.15) is 0 Å². The van der Waals surface area contributed by atoms with Crippen LogP contribution in [0.25, 0.3) is 0 Å². The second kappa shape index (κ2) is 8.06. The van der Waals surface area contributed by atoms with Crippen molar-refractivity contribution in [3.63, 3.8) is 0 Å². The Kier molecular flexibility index (Phi) is 7.49. The summed E-state index contributed by atoms with van der Waals surface area (Å²) < 4.78 is 0.537. The Labute approximate surface area is 105 Å². The number of hydrogen-bond acceptors (Lipinski definition) is 4. The molecule has 0 saturated carbocycles. The van der Waals surface area contributed by atoms with Gasteiger partial charge >= 0.3 is 0 Å². The van der Waals surface area contributed by atoms with Gasteiger partial charge in [0.2, 0.25) is 5.91 Å². The van der Waals surface area contributed by atoms with E-state index in [0.29, 0.717) is 15.1 Å². The number of carbonyl (C=O) groups excluding carboxylic acids is 1. The zero-order valence-electron chi connectivity index (χ0n) is 9.21. The number of thioether (sulfide) groups is 1. The minimum Gasteiger partial charge on any atom is -0.385 e. The van der Waals surface area contributed by atoms with Gasteiger partial charge in [0.1, 0.15) is 4.32 Å². The number of carbonyl (C=O) groups is 1. The summed E-state index contributed by atoms with van der Waals surface area (Å²) in [5, 5.41) is 0.525. The standard InChI is InChI=1S/C6H6N2O.C4H9NS2/c7-6(9)5-1-3-8-4-2-5;1-3(2)7-4(5)6/h1-4H,(H2,7,9);3H,1-2H3,(H2,5,6). The molecule has 0 unspecified atom stereocenters. The number of rotatable bonds is 2. The van der Waals surface area contributed by atoms with E-state index in [9.17, 15) is 4.79 Å². The van der Waals surface area contributed by atoms with Crippen molar-refractivity contribution >= 4 is 34.2 Å². The van der Waals surface area contributed by atoms with Crippen LogP contribution in [0.15, 0.2) is 24.5 Å².